The first-order chi connectivity index (χ1) is 14.1. The molecule has 2 aliphatic rings. The number of carbonyl (C=O) groups is 2. The van der Waals surface area contributed by atoms with Crippen molar-refractivity contribution < 1.29 is 9.59 Å². The molecule has 0 fully saturated rings. The summed E-state index contributed by atoms with van der Waals surface area (Å²) in [6.45, 7) is 4.17. The smallest absolute Gasteiger partial charge is 0.243 e. The van der Waals surface area contributed by atoms with Gasteiger partial charge in [0.2, 0.25) is 11.8 Å². The topological polar surface area (TPSA) is 67.2 Å². The monoisotopic (exact) mass is 448 g/mol. The number of carbonyl (C=O) groups excluding carboxylic acids is 2. The SMILES string of the molecule is C=CCN1C(=O)C2(CC(=O)Nc3c2cnn3-c2ccc(Br)cc2)c2ccccc21. The van der Waals surface area contributed by atoms with E-state index in [-0.39, 0.29) is 18.2 Å². The van der Waals surface area contributed by atoms with E-state index in [1.807, 2.05) is 48.5 Å². The van der Waals surface area contributed by atoms with Crippen LogP contribution in [0.3, 0.4) is 0 Å². The van der Waals surface area contributed by atoms with Gasteiger partial charge in [0.05, 0.1) is 11.9 Å². The van der Waals surface area contributed by atoms with Crippen LogP contribution in [0.1, 0.15) is 17.5 Å². The first-order valence-electron chi connectivity index (χ1n) is 9.23. The summed E-state index contributed by atoms with van der Waals surface area (Å²) in [5.74, 6) is 0.206. The third-order valence-corrected chi connectivity index (χ3v) is 6.09. The van der Waals surface area contributed by atoms with E-state index in [1.165, 1.54) is 0 Å². The lowest BCUT2D eigenvalue weighted by Gasteiger charge is -2.32. The zero-order chi connectivity index (χ0) is 20.2. The molecule has 1 unspecified atom stereocenters. The highest BCUT2D eigenvalue weighted by molar-refractivity contribution is 9.10. The Morgan fingerprint density at radius 1 is 1.14 bits per heavy atom. The fourth-order valence-corrected chi connectivity index (χ4v) is 4.60. The van der Waals surface area contributed by atoms with E-state index in [0.29, 0.717) is 17.9 Å². The summed E-state index contributed by atoms with van der Waals surface area (Å²) in [4.78, 5) is 28.2. The number of hydrogen-bond donors (Lipinski definition) is 1. The predicted molar refractivity (Wildman–Crippen MR) is 114 cm³/mol. The third-order valence-electron chi connectivity index (χ3n) is 5.56. The van der Waals surface area contributed by atoms with Crippen molar-refractivity contribution >= 4 is 39.2 Å². The summed E-state index contributed by atoms with van der Waals surface area (Å²) in [5, 5.41) is 7.46. The van der Waals surface area contributed by atoms with E-state index in [9.17, 15) is 9.59 Å². The molecule has 7 heteroatoms. The van der Waals surface area contributed by atoms with Gasteiger partial charge in [0.15, 0.2) is 0 Å². The molecule has 0 bridgehead atoms. The van der Waals surface area contributed by atoms with Crippen molar-refractivity contribution in [2.45, 2.75) is 11.8 Å². The number of anilines is 2. The Morgan fingerprint density at radius 2 is 1.90 bits per heavy atom. The van der Waals surface area contributed by atoms with Gasteiger partial charge in [-0.25, -0.2) is 4.68 Å². The van der Waals surface area contributed by atoms with Crippen molar-refractivity contribution in [3.63, 3.8) is 0 Å². The molecular formula is C22H17BrN4O2. The predicted octanol–water partition coefficient (Wildman–Crippen LogP) is 3.80. The third kappa shape index (κ3) is 2.43. The van der Waals surface area contributed by atoms with Crippen LogP contribution in [0.2, 0.25) is 0 Å². The first-order valence-corrected chi connectivity index (χ1v) is 10.0. The summed E-state index contributed by atoms with van der Waals surface area (Å²) >= 11 is 3.43. The van der Waals surface area contributed by atoms with E-state index in [2.05, 4.69) is 32.9 Å². The second kappa shape index (κ2) is 6.42. The molecule has 2 aromatic carbocycles. The standard InChI is InChI=1S/C22H17BrN4O2/c1-2-11-26-18-6-4-3-5-16(18)22(21(26)29)12-19(28)25-20-17(22)13-24-27(20)15-9-7-14(23)8-10-15/h2-10,13H,1,11-12H2,(H,25,28). The lowest BCUT2D eigenvalue weighted by Crippen LogP contribution is -2.46. The molecule has 3 heterocycles. The molecule has 0 saturated heterocycles. The van der Waals surface area contributed by atoms with Gasteiger partial charge >= 0.3 is 0 Å². The molecule has 6 nitrogen and oxygen atoms in total. The van der Waals surface area contributed by atoms with Gasteiger partial charge in [-0.3, -0.25) is 9.59 Å². The summed E-state index contributed by atoms with van der Waals surface area (Å²) < 4.78 is 2.62. The highest BCUT2D eigenvalue weighted by Crippen LogP contribution is 2.52. The number of para-hydroxylation sites is 1. The molecule has 1 atom stereocenters. The van der Waals surface area contributed by atoms with Gasteiger partial charge in [-0.1, -0.05) is 40.2 Å². The lowest BCUT2D eigenvalue weighted by molar-refractivity contribution is -0.126. The van der Waals surface area contributed by atoms with Crippen LogP contribution in [-0.2, 0) is 15.0 Å². The van der Waals surface area contributed by atoms with Crippen molar-refractivity contribution in [2.24, 2.45) is 0 Å². The molecule has 5 rings (SSSR count). The van der Waals surface area contributed by atoms with E-state index < -0.39 is 5.41 Å². The summed E-state index contributed by atoms with van der Waals surface area (Å²) in [6.07, 6.45) is 3.45. The molecule has 0 saturated carbocycles. The van der Waals surface area contributed by atoms with Crippen molar-refractivity contribution in [1.82, 2.24) is 9.78 Å². The van der Waals surface area contributed by atoms with Crippen LogP contribution in [0.25, 0.3) is 5.69 Å². The minimum atomic E-state index is -1.08. The van der Waals surface area contributed by atoms with Crippen LogP contribution in [0.4, 0.5) is 11.5 Å². The van der Waals surface area contributed by atoms with Gasteiger partial charge in [0.25, 0.3) is 0 Å². The number of halogens is 1. The van der Waals surface area contributed by atoms with Crippen molar-refractivity contribution in [3.8, 4) is 5.69 Å². The Labute approximate surface area is 176 Å². The van der Waals surface area contributed by atoms with Gasteiger partial charge in [0, 0.05) is 28.7 Å². The highest BCUT2D eigenvalue weighted by Gasteiger charge is 2.56. The molecule has 0 aliphatic carbocycles. The fraction of sp³-hybridized carbons (Fsp3) is 0.136. The van der Waals surface area contributed by atoms with Gasteiger partial charge in [0.1, 0.15) is 11.2 Å². The fourth-order valence-electron chi connectivity index (χ4n) is 4.34. The van der Waals surface area contributed by atoms with Crippen LogP contribution in [0, 0.1) is 0 Å². The largest absolute Gasteiger partial charge is 0.310 e. The minimum Gasteiger partial charge on any atom is -0.310 e. The van der Waals surface area contributed by atoms with Gasteiger partial charge in [-0.15, -0.1) is 6.58 Å². The van der Waals surface area contributed by atoms with Gasteiger partial charge in [-0.2, -0.15) is 5.10 Å². The van der Waals surface area contributed by atoms with E-state index >= 15 is 0 Å². The summed E-state index contributed by atoms with van der Waals surface area (Å²) in [6, 6.07) is 15.3. The molecule has 2 aliphatic heterocycles. The van der Waals surface area contributed by atoms with Crippen LogP contribution in [-0.4, -0.2) is 28.1 Å². The van der Waals surface area contributed by atoms with Crippen LogP contribution in [0.5, 0.6) is 0 Å². The molecule has 3 aromatic rings. The normalized spacial score (nSPS) is 19.8. The van der Waals surface area contributed by atoms with E-state index in [4.69, 9.17) is 0 Å². The Morgan fingerprint density at radius 3 is 2.66 bits per heavy atom. The molecule has 1 spiro atoms. The summed E-state index contributed by atoms with van der Waals surface area (Å²) in [5.41, 5.74) is 2.08. The zero-order valence-corrected chi connectivity index (χ0v) is 17.0. The average molecular weight is 449 g/mol. The van der Waals surface area contributed by atoms with Crippen molar-refractivity contribution in [3.05, 3.63) is 83.0 Å². The van der Waals surface area contributed by atoms with Gasteiger partial charge < -0.3 is 10.2 Å². The Balaban J connectivity index is 1.75. The highest BCUT2D eigenvalue weighted by atomic mass is 79.9. The quantitative estimate of drug-likeness (QED) is 0.619. The average Bonchev–Trinajstić information content (AvgIpc) is 3.24. The van der Waals surface area contributed by atoms with E-state index in [1.54, 1.807) is 21.9 Å². The number of nitrogens with zero attached hydrogens (tertiary/aromatic N) is 3. The van der Waals surface area contributed by atoms with E-state index in [0.717, 1.165) is 21.4 Å². The lowest BCUT2D eigenvalue weighted by atomic mass is 9.72. The number of nitrogens with one attached hydrogen (secondary N) is 1. The number of benzene rings is 2. The molecule has 1 aromatic heterocycles. The summed E-state index contributed by atoms with van der Waals surface area (Å²) in [7, 11) is 0. The van der Waals surface area contributed by atoms with Crippen molar-refractivity contribution in [2.75, 3.05) is 16.8 Å². The first kappa shape index (κ1) is 17.9. The molecule has 29 heavy (non-hydrogen) atoms. The Kier molecular flexibility index (Phi) is 3.96. The molecule has 0 radical (unpaired) electrons. The number of rotatable bonds is 3. The molecule has 1 N–H and O–H groups in total. The Hall–Kier alpha value is -3.19. The number of fused-ring (bicyclic) bond motifs is 4. The Bertz CT molecular complexity index is 1170. The maximum absolute atomic E-state index is 13.7. The van der Waals surface area contributed by atoms with Crippen molar-refractivity contribution in [1.29, 1.82) is 0 Å². The number of amides is 2. The van der Waals surface area contributed by atoms with Crippen LogP contribution >= 0.6 is 15.9 Å². The molecular weight excluding hydrogens is 432 g/mol. The minimum absolute atomic E-state index is 0.0511. The second-order valence-corrected chi connectivity index (χ2v) is 8.06. The van der Waals surface area contributed by atoms with Gasteiger partial charge in [-0.05, 0) is 35.9 Å². The molecule has 144 valence electrons. The van der Waals surface area contributed by atoms with Crippen LogP contribution < -0.4 is 10.2 Å². The number of aromatic nitrogens is 2. The van der Waals surface area contributed by atoms with Crippen LogP contribution in [0.15, 0.2) is 71.9 Å². The molecule has 2 amide bonds. The zero-order valence-electron chi connectivity index (χ0n) is 15.4. The number of hydrogen-bond acceptors (Lipinski definition) is 3. The maximum Gasteiger partial charge on any atom is 0.243 e. The maximum atomic E-state index is 13.7. The second-order valence-electron chi connectivity index (χ2n) is 7.15.